The number of hydrogen-bond acceptors (Lipinski definition) is 2. The first-order chi connectivity index (χ1) is 12.7. The van der Waals surface area contributed by atoms with Gasteiger partial charge in [0.05, 0.1) is 0 Å². The van der Waals surface area contributed by atoms with Gasteiger partial charge >= 0.3 is 0 Å². The van der Waals surface area contributed by atoms with Crippen molar-refractivity contribution in [3.63, 3.8) is 0 Å². The van der Waals surface area contributed by atoms with Crippen LogP contribution in [0.5, 0.6) is 0 Å². The van der Waals surface area contributed by atoms with Crippen molar-refractivity contribution >= 4 is 17.5 Å². The normalized spacial score (nSPS) is 20.0. The topological polar surface area (TPSA) is 32.3 Å². The third-order valence-corrected chi connectivity index (χ3v) is 5.65. The van der Waals surface area contributed by atoms with E-state index < -0.39 is 0 Å². The highest BCUT2D eigenvalue weighted by Gasteiger charge is 2.33. The fourth-order valence-corrected chi connectivity index (χ4v) is 4.00. The number of rotatable bonds is 5. The maximum atomic E-state index is 13.1. The Labute approximate surface area is 160 Å². The Morgan fingerprint density at radius 2 is 1.92 bits per heavy atom. The molecule has 2 aliphatic rings. The van der Waals surface area contributed by atoms with E-state index in [4.69, 9.17) is 11.6 Å². The van der Waals surface area contributed by atoms with Gasteiger partial charge in [0.15, 0.2) is 0 Å². The molecule has 4 heteroatoms. The molecule has 0 aromatic heterocycles. The van der Waals surface area contributed by atoms with E-state index >= 15 is 0 Å². The third-order valence-electron chi connectivity index (χ3n) is 5.42. The second kappa shape index (κ2) is 7.81. The molecule has 2 aromatic carbocycles. The lowest BCUT2D eigenvalue weighted by atomic mass is 9.91. The quantitative estimate of drug-likeness (QED) is 0.835. The zero-order valence-corrected chi connectivity index (χ0v) is 15.7. The molecular formula is C22H25ClN2O. The van der Waals surface area contributed by atoms with Crippen LogP contribution in [0.25, 0.3) is 0 Å². The van der Waals surface area contributed by atoms with E-state index in [1.165, 1.54) is 18.4 Å². The number of benzene rings is 2. The summed E-state index contributed by atoms with van der Waals surface area (Å²) >= 11 is 6.10. The first-order valence-electron chi connectivity index (χ1n) is 9.57. The molecule has 1 amide bonds. The van der Waals surface area contributed by atoms with Crippen molar-refractivity contribution in [3.05, 3.63) is 70.2 Å². The lowest BCUT2D eigenvalue weighted by Crippen LogP contribution is -2.32. The number of carbonyl (C=O) groups is 1. The predicted molar refractivity (Wildman–Crippen MR) is 106 cm³/mol. The largest absolute Gasteiger partial charge is 0.331 e. The molecule has 1 saturated carbocycles. The first-order valence-corrected chi connectivity index (χ1v) is 9.94. The van der Waals surface area contributed by atoms with Gasteiger partial charge in [-0.1, -0.05) is 35.9 Å². The van der Waals surface area contributed by atoms with Crippen LogP contribution in [0.4, 0.5) is 0 Å². The predicted octanol–water partition coefficient (Wildman–Crippen LogP) is 4.61. The summed E-state index contributed by atoms with van der Waals surface area (Å²) in [6, 6.07) is 16.4. The summed E-state index contributed by atoms with van der Waals surface area (Å²) in [5.74, 6) is 0.694. The second-order valence-corrected chi connectivity index (χ2v) is 7.90. The van der Waals surface area contributed by atoms with Crippen molar-refractivity contribution < 1.29 is 4.79 Å². The Kier molecular flexibility index (Phi) is 5.28. The van der Waals surface area contributed by atoms with Gasteiger partial charge in [-0.25, -0.2) is 0 Å². The van der Waals surface area contributed by atoms with Crippen LogP contribution < -0.4 is 5.32 Å². The van der Waals surface area contributed by atoms with E-state index in [1.54, 1.807) is 0 Å². The number of amides is 1. The minimum atomic E-state index is 0.126. The van der Waals surface area contributed by atoms with Crippen LogP contribution in [0, 0.1) is 0 Å². The molecule has 0 unspecified atom stereocenters. The van der Waals surface area contributed by atoms with Gasteiger partial charge in [-0.05, 0) is 73.5 Å². The van der Waals surface area contributed by atoms with E-state index in [-0.39, 0.29) is 5.91 Å². The number of hydrogen-bond donors (Lipinski definition) is 1. The van der Waals surface area contributed by atoms with E-state index in [2.05, 4.69) is 17.4 Å². The molecule has 26 heavy (non-hydrogen) atoms. The van der Waals surface area contributed by atoms with Gasteiger partial charge in [-0.15, -0.1) is 0 Å². The van der Waals surface area contributed by atoms with Gasteiger partial charge < -0.3 is 10.2 Å². The molecule has 0 radical (unpaired) electrons. The summed E-state index contributed by atoms with van der Waals surface area (Å²) in [6.45, 7) is 2.78. The summed E-state index contributed by atoms with van der Waals surface area (Å²) in [5.41, 5.74) is 3.20. The Morgan fingerprint density at radius 1 is 1.12 bits per heavy atom. The van der Waals surface area contributed by atoms with Crippen LogP contribution >= 0.6 is 11.6 Å². The van der Waals surface area contributed by atoms with Crippen LogP contribution in [0.2, 0.25) is 5.02 Å². The van der Waals surface area contributed by atoms with Gasteiger partial charge in [-0.3, -0.25) is 4.79 Å². The average Bonchev–Trinajstić information content (AvgIpc) is 3.52. The van der Waals surface area contributed by atoms with E-state index in [0.29, 0.717) is 18.5 Å². The number of halogens is 1. The summed E-state index contributed by atoms with van der Waals surface area (Å²) in [7, 11) is 0. The first kappa shape index (κ1) is 17.6. The molecule has 1 aliphatic heterocycles. The van der Waals surface area contributed by atoms with Crippen molar-refractivity contribution in [1.82, 2.24) is 10.2 Å². The summed E-state index contributed by atoms with van der Waals surface area (Å²) in [6.07, 6.45) is 4.64. The molecule has 1 heterocycles. The SMILES string of the molecule is O=C(c1ccc([C@@H]2CCCNC2)cc1)N(Cc1cccc(Cl)c1)C1CC1. The van der Waals surface area contributed by atoms with Crippen LogP contribution in [-0.4, -0.2) is 29.9 Å². The number of nitrogens with zero attached hydrogens (tertiary/aromatic N) is 1. The van der Waals surface area contributed by atoms with E-state index in [9.17, 15) is 4.79 Å². The highest BCUT2D eigenvalue weighted by Crippen LogP contribution is 2.31. The molecule has 136 valence electrons. The van der Waals surface area contributed by atoms with Gasteiger partial charge in [0, 0.05) is 29.7 Å². The van der Waals surface area contributed by atoms with Crippen LogP contribution in [0.1, 0.15) is 53.1 Å². The van der Waals surface area contributed by atoms with Gasteiger partial charge in [0.25, 0.3) is 5.91 Å². The molecule has 4 rings (SSSR count). The van der Waals surface area contributed by atoms with Gasteiger partial charge in [0.1, 0.15) is 0 Å². The summed E-state index contributed by atoms with van der Waals surface area (Å²) in [5, 5.41) is 4.18. The highest BCUT2D eigenvalue weighted by molar-refractivity contribution is 6.30. The van der Waals surface area contributed by atoms with Crippen LogP contribution in [0.15, 0.2) is 48.5 Å². The van der Waals surface area contributed by atoms with E-state index in [0.717, 1.165) is 42.1 Å². The lowest BCUT2D eigenvalue weighted by Gasteiger charge is -2.25. The minimum absolute atomic E-state index is 0.126. The Balaban J connectivity index is 1.49. The monoisotopic (exact) mass is 368 g/mol. The molecule has 1 N–H and O–H groups in total. The average molecular weight is 369 g/mol. The Bertz CT molecular complexity index is 764. The molecule has 1 aliphatic carbocycles. The van der Waals surface area contributed by atoms with E-state index in [1.807, 2.05) is 41.3 Å². The Morgan fingerprint density at radius 3 is 2.58 bits per heavy atom. The Hall–Kier alpha value is -1.84. The fourth-order valence-electron chi connectivity index (χ4n) is 3.78. The third kappa shape index (κ3) is 4.11. The maximum Gasteiger partial charge on any atom is 0.254 e. The van der Waals surface area contributed by atoms with Crippen molar-refractivity contribution in [2.75, 3.05) is 13.1 Å². The second-order valence-electron chi connectivity index (χ2n) is 7.46. The number of nitrogens with one attached hydrogen (secondary N) is 1. The zero-order chi connectivity index (χ0) is 17.9. The van der Waals surface area contributed by atoms with Gasteiger partial charge in [-0.2, -0.15) is 0 Å². The molecule has 1 atom stereocenters. The minimum Gasteiger partial charge on any atom is -0.331 e. The highest BCUT2D eigenvalue weighted by atomic mass is 35.5. The number of carbonyl (C=O) groups excluding carboxylic acids is 1. The molecular weight excluding hydrogens is 344 g/mol. The number of piperidine rings is 1. The molecule has 1 saturated heterocycles. The standard InChI is InChI=1S/C22H25ClN2O/c23-20-5-1-3-16(13-20)15-25(21-10-11-21)22(26)18-8-6-17(7-9-18)19-4-2-12-24-14-19/h1,3,5-9,13,19,21,24H,2,4,10-12,14-15H2/t19-/m1/s1. The zero-order valence-electron chi connectivity index (χ0n) is 15.0. The van der Waals surface area contributed by atoms with Crippen LogP contribution in [-0.2, 0) is 6.54 Å². The molecule has 0 spiro atoms. The molecule has 0 bridgehead atoms. The molecule has 2 aromatic rings. The van der Waals surface area contributed by atoms with Crippen LogP contribution in [0.3, 0.4) is 0 Å². The fraction of sp³-hybridized carbons (Fsp3) is 0.409. The van der Waals surface area contributed by atoms with Crippen molar-refractivity contribution in [3.8, 4) is 0 Å². The molecule has 3 nitrogen and oxygen atoms in total. The maximum absolute atomic E-state index is 13.1. The van der Waals surface area contributed by atoms with Crippen molar-refractivity contribution in [1.29, 1.82) is 0 Å². The van der Waals surface area contributed by atoms with Gasteiger partial charge in [0.2, 0.25) is 0 Å². The summed E-state index contributed by atoms with van der Waals surface area (Å²) < 4.78 is 0. The van der Waals surface area contributed by atoms with Crippen molar-refractivity contribution in [2.24, 2.45) is 0 Å². The summed E-state index contributed by atoms with van der Waals surface area (Å²) in [4.78, 5) is 15.1. The smallest absolute Gasteiger partial charge is 0.254 e. The lowest BCUT2D eigenvalue weighted by molar-refractivity contribution is 0.0730. The van der Waals surface area contributed by atoms with Crippen molar-refractivity contribution in [2.45, 2.75) is 44.2 Å². The molecule has 2 fully saturated rings.